The normalized spacial score (nSPS) is 24.7. The topological polar surface area (TPSA) is 18.5 Å². The van der Waals surface area contributed by atoms with Gasteiger partial charge in [0.25, 0.3) is 0 Å². The van der Waals surface area contributed by atoms with Crippen molar-refractivity contribution >= 4 is 18.7 Å². The van der Waals surface area contributed by atoms with Crippen molar-refractivity contribution in [2.75, 3.05) is 0 Å². The smallest absolute Gasteiger partial charge is 0.399 e. The van der Waals surface area contributed by atoms with Gasteiger partial charge in [-0.2, -0.15) is 0 Å². The molecule has 1 heterocycles. The quantitative estimate of drug-likeness (QED) is 0.691. The lowest BCUT2D eigenvalue weighted by atomic mass is 9.89. The van der Waals surface area contributed by atoms with Gasteiger partial charge in [-0.1, -0.05) is 31.0 Å². The third-order valence-corrected chi connectivity index (χ3v) is 3.44. The van der Waals surface area contributed by atoms with Crippen molar-refractivity contribution in [1.82, 2.24) is 0 Å². The minimum atomic E-state index is -0.400. The van der Waals surface area contributed by atoms with E-state index in [2.05, 4.69) is 6.92 Å². The molecule has 1 fully saturated rings. The number of allylic oxidation sites excluding steroid dienone is 1. The van der Waals surface area contributed by atoms with Gasteiger partial charge in [0.15, 0.2) is 0 Å². The largest absolute Gasteiger partial charge is 0.506 e. The van der Waals surface area contributed by atoms with Gasteiger partial charge in [0.1, 0.15) is 0 Å². The summed E-state index contributed by atoms with van der Waals surface area (Å²) in [6, 6.07) is 0. The predicted octanol–water partition coefficient (Wildman–Crippen LogP) is 3.54. The summed E-state index contributed by atoms with van der Waals surface area (Å²) in [5.41, 5.74) is -0.615. The number of hydrogen-bond acceptors (Lipinski definition) is 2. The van der Waals surface area contributed by atoms with E-state index in [-0.39, 0.29) is 11.2 Å². The first-order valence-electron chi connectivity index (χ1n) is 5.51. The van der Waals surface area contributed by atoms with Gasteiger partial charge in [0, 0.05) is 4.93 Å². The standard InChI is InChI=1S/C11H20BClO2/c1-6-7-8-9(13)12-14-10(2,3)11(4,5)15-12/h8H,6-7H2,1-5H3/b9-8-. The zero-order chi connectivity index (χ0) is 11.7. The van der Waals surface area contributed by atoms with Crippen LogP contribution in [0.5, 0.6) is 0 Å². The van der Waals surface area contributed by atoms with Gasteiger partial charge in [-0.25, -0.2) is 0 Å². The van der Waals surface area contributed by atoms with Crippen molar-refractivity contribution in [2.24, 2.45) is 0 Å². The maximum absolute atomic E-state index is 6.13. The highest BCUT2D eigenvalue weighted by atomic mass is 35.5. The Bertz CT molecular complexity index is 245. The Balaban J connectivity index is 2.70. The molecule has 0 N–H and O–H groups in total. The van der Waals surface area contributed by atoms with Gasteiger partial charge in [-0.3, -0.25) is 0 Å². The molecule has 0 amide bonds. The summed E-state index contributed by atoms with van der Waals surface area (Å²) >= 11 is 6.13. The van der Waals surface area contributed by atoms with E-state index in [1.807, 2.05) is 33.8 Å². The lowest BCUT2D eigenvalue weighted by Crippen LogP contribution is -2.41. The molecule has 0 unspecified atom stereocenters. The van der Waals surface area contributed by atoms with Crippen LogP contribution in [0.1, 0.15) is 47.5 Å². The molecule has 2 nitrogen and oxygen atoms in total. The molecule has 0 radical (unpaired) electrons. The van der Waals surface area contributed by atoms with Crippen molar-refractivity contribution in [2.45, 2.75) is 58.7 Å². The molecule has 1 rings (SSSR count). The minimum Gasteiger partial charge on any atom is -0.399 e. The van der Waals surface area contributed by atoms with Crippen molar-refractivity contribution < 1.29 is 9.31 Å². The van der Waals surface area contributed by atoms with Gasteiger partial charge in [-0.15, -0.1) is 0 Å². The zero-order valence-electron chi connectivity index (χ0n) is 10.3. The molecule has 0 spiro atoms. The molecule has 4 heteroatoms. The molecular weight excluding hydrogens is 210 g/mol. The Labute approximate surface area is 98.1 Å². The van der Waals surface area contributed by atoms with E-state index in [1.165, 1.54) is 0 Å². The molecular formula is C11H20BClO2. The van der Waals surface area contributed by atoms with Crippen molar-refractivity contribution in [1.29, 1.82) is 0 Å². The Kier molecular flexibility index (Phi) is 3.91. The van der Waals surface area contributed by atoms with E-state index in [4.69, 9.17) is 20.9 Å². The minimum absolute atomic E-state index is 0.308. The molecule has 86 valence electrons. The fraction of sp³-hybridized carbons (Fsp3) is 0.818. The second kappa shape index (κ2) is 4.48. The summed E-state index contributed by atoms with van der Waals surface area (Å²) < 4.78 is 11.6. The fourth-order valence-corrected chi connectivity index (χ4v) is 1.53. The summed E-state index contributed by atoms with van der Waals surface area (Å²) in [6.45, 7) is 10.2. The van der Waals surface area contributed by atoms with Crippen LogP contribution in [-0.2, 0) is 9.31 Å². The Hall–Kier alpha value is 0.0149. The van der Waals surface area contributed by atoms with Crippen LogP contribution in [0.2, 0.25) is 0 Å². The molecule has 0 bridgehead atoms. The summed E-state index contributed by atoms with van der Waals surface area (Å²) in [5.74, 6) is 0. The average molecular weight is 231 g/mol. The molecule has 0 aromatic carbocycles. The first-order valence-corrected chi connectivity index (χ1v) is 5.89. The first kappa shape index (κ1) is 13.1. The highest BCUT2D eigenvalue weighted by molar-refractivity contribution is 6.69. The molecule has 0 aromatic rings. The Morgan fingerprint density at radius 1 is 1.20 bits per heavy atom. The maximum atomic E-state index is 6.13. The van der Waals surface area contributed by atoms with Crippen LogP contribution in [0.3, 0.4) is 0 Å². The van der Waals surface area contributed by atoms with Gasteiger partial charge >= 0.3 is 7.12 Å². The van der Waals surface area contributed by atoms with Crippen LogP contribution in [-0.4, -0.2) is 18.3 Å². The third kappa shape index (κ3) is 2.77. The number of unbranched alkanes of at least 4 members (excludes halogenated alkanes) is 1. The monoisotopic (exact) mass is 230 g/mol. The molecule has 1 aliphatic rings. The maximum Gasteiger partial charge on any atom is 0.506 e. The van der Waals surface area contributed by atoms with E-state index >= 15 is 0 Å². The highest BCUT2D eigenvalue weighted by Gasteiger charge is 2.52. The van der Waals surface area contributed by atoms with Crippen LogP contribution in [0.4, 0.5) is 0 Å². The molecule has 0 aromatic heterocycles. The van der Waals surface area contributed by atoms with Gasteiger partial charge in [0.05, 0.1) is 11.2 Å². The first-order chi connectivity index (χ1) is 6.80. The zero-order valence-corrected chi connectivity index (χ0v) is 11.0. The molecule has 0 aliphatic carbocycles. The fourth-order valence-electron chi connectivity index (χ4n) is 1.33. The Morgan fingerprint density at radius 3 is 2.07 bits per heavy atom. The van der Waals surface area contributed by atoms with Crippen LogP contribution in [0, 0.1) is 0 Å². The van der Waals surface area contributed by atoms with Crippen molar-refractivity contribution in [3.8, 4) is 0 Å². The second-order valence-electron chi connectivity index (χ2n) is 4.97. The Morgan fingerprint density at radius 2 is 1.67 bits per heavy atom. The van der Waals surface area contributed by atoms with Crippen molar-refractivity contribution in [3.63, 3.8) is 0 Å². The summed E-state index contributed by atoms with van der Waals surface area (Å²) in [6.07, 6.45) is 4.02. The lowest BCUT2D eigenvalue weighted by Gasteiger charge is -2.32. The molecule has 15 heavy (non-hydrogen) atoms. The molecule has 1 saturated heterocycles. The van der Waals surface area contributed by atoms with Gasteiger partial charge < -0.3 is 9.31 Å². The van der Waals surface area contributed by atoms with Crippen LogP contribution < -0.4 is 0 Å². The van der Waals surface area contributed by atoms with Crippen LogP contribution in [0.15, 0.2) is 11.0 Å². The van der Waals surface area contributed by atoms with E-state index in [1.54, 1.807) is 0 Å². The predicted molar refractivity (Wildman–Crippen MR) is 64.9 cm³/mol. The summed E-state index contributed by atoms with van der Waals surface area (Å²) in [4.78, 5) is 0.663. The van der Waals surface area contributed by atoms with Gasteiger partial charge in [-0.05, 0) is 34.1 Å². The van der Waals surface area contributed by atoms with E-state index in [9.17, 15) is 0 Å². The number of rotatable bonds is 3. The molecule has 0 atom stereocenters. The average Bonchev–Trinajstić information content (AvgIpc) is 2.32. The molecule has 0 saturated carbocycles. The molecule has 1 aliphatic heterocycles. The van der Waals surface area contributed by atoms with E-state index in [0.717, 1.165) is 12.8 Å². The summed E-state index contributed by atoms with van der Waals surface area (Å²) in [7, 11) is -0.400. The second-order valence-corrected chi connectivity index (χ2v) is 5.40. The van der Waals surface area contributed by atoms with E-state index in [0.29, 0.717) is 4.93 Å². The highest BCUT2D eigenvalue weighted by Crippen LogP contribution is 2.39. The van der Waals surface area contributed by atoms with Gasteiger partial charge in [0.2, 0.25) is 0 Å². The number of halogens is 1. The third-order valence-electron chi connectivity index (χ3n) is 3.11. The summed E-state index contributed by atoms with van der Waals surface area (Å²) in [5, 5.41) is 0. The SMILES string of the molecule is CCC/C=C(\Cl)B1OC(C)(C)C(C)(C)O1. The van der Waals surface area contributed by atoms with Crippen LogP contribution >= 0.6 is 11.6 Å². The number of hydrogen-bond donors (Lipinski definition) is 0. The van der Waals surface area contributed by atoms with Crippen molar-refractivity contribution in [3.05, 3.63) is 11.0 Å². The van der Waals surface area contributed by atoms with Crippen LogP contribution in [0.25, 0.3) is 0 Å². The van der Waals surface area contributed by atoms with E-state index < -0.39 is 7.12 Å². The lowest BCUT2D eigenvalue weighted by molar-refractivity contribution is 0.00578.